The van der Waals surface area contributed by atoms with Gasteiger partial charge in [-0.25, -0.2) is 0 Å². The van der Waals surface area contributed by atoms with E-state index in [4.69, 9.17) is 9.47 Å². The first-order chi connectivity index (χ1) is 15.9. The normalized spacial score (nSPS) is 9.57. The molecule has 0 atom stereocenters. The molecular formula is C29H30Cl2O2SiZr-2. The Hall–Kier alpha value is -1.84. The largest absolute Gasteiger partial charge is 1.00 e. The van der Waals surface area contributed by atoms with Crippen LogP contribution in [0.3, 0.4) is 0 Å². The quantitative estimate of drug-likeness (QED) is 0.226. The molecule has 0 heterocycles. The van der Waals surface area contributed by atoms with Crippen molar-refractivity contribution < 1.29 is 57.6 Å². The third kappa shape index (κ3) is 9.28. The van der Waals surface area contributed by atoms with Gasteiger partial charge in [-0.15, -0.1) is 56.9 Å². The maximum Gasteiger partial charge on any atom is -1.00 e. The van der Waals surface area contributed by atoms with Crippen LogP contribution in [0.15, 0.2) is 91.0 Å². The SMILES string of the molecule is COc1ccc2cc(C)[cH-]c2c1.COc1ccc2cc(C)[cH-]c2c1.C[Si](=[Zr+2])c1ccccc1.[Cl-].[Cl-]. The van der Waals surface area contributed by atoms with Crippen molar-refractivity contribution in [3.05, 3.63) is 102 Å². The molecule has 2 nitrogen and oxygen atoms in total. The zero-order chi connectivity index (χ0) is 23.8. The Morgan fingerprint density at radius 1 is 0.657 bits per heavy atom. The maximum absolute atomic E-state index is 5.13. The Morgan fingerprint density at radius 3 is 1.43 bits per heavy atom. The van der Waals surface area contributed by atoms with Crippen molar-refractivity contribution in [1.29, 1.82) is 0 Å². The molecule has 0 fully saturated rings. The minimum atomic E-state index is -0.122. The molecule has 0 saturated heterocycles. The predicted molar refractivity (Wildman–Crippen MR) is 139 cm³/mol. The van der Waals surface area contributed by atoms with Crippen LogP contribution in [0, 0.1) is 13.8 Å². The van der Waals surface area contributed by atoms with Gasteiger partial charge in [-0.2, -0.15) is 12.1 Å². The van der Waals surface area contributed by atoms with Crippen molar-refractivity contribution in [3.63, 3.8) is 0 Å². The summed E-state index contributed by atoms with van der Waals surface area (Å²) in [7, 11) is 3.38. The van der Waals surface area contributed by atoms with Crippen LogP contribution in [-0.2, 0) is 23.3 Å². The van der Waals surface area contributed by atoms with Crippen molar-refractivity contribution >= 4 is 32.2 Å². The van der Waals surface area contributed by atoms with Gasteiger partial charge in [0.05, 0.1) is 25.7 Å². The number of fused-ring (bicyclic) bond motifs is 2. The molecule has 182 valence electrons. The van der Waals surface area contributed by atoms with E-state index in [-0.39, 0.29) is 30.2 Å². The molecule has 35 heavy (non-hydrogen) atoms. The molecule has 0 bridgehead atoms. The van der Waals surface area contributed by atoms with E-state index in [1.54, 1.807) is 42.7 Å². The van der Waals surface area contributed by atoms with Crippen molar-refractivity contribution in [2.75, 3.05) is 14.2 Å². The Kier molecular flexibility index (Phi) is 13.6. The van der Waals surface area contributed by atoms with Crippen LogP contribution in [-0.4, -0.2) is 19.7 Å². The van der Waals surface area contributed by atoms with Crippen molar-refractivity contribution in [3.8, 4) is 11.5 Å². The summed E-state index contributed by atoms with van der Waals surface area (Å²) in [6.45, 7) is 6.55. The molecule has 5 aromatic carbocycles. The van der Waals surface area contributed by atoms with Gasteiger partial charge >= 0.3 is 70.8 Å². The molecule has 5 aromatic rings. The second-order valence-corrected chi connectivity index (χ2v) is 15.4. The standard InChI is InChI=1S/2C11H11O.C7H8Si.2ClH.Zr/c2*1-8-5-9-3-4-11(12-2)7-10(9)6-8;1-8-7-5-3-2-4-6-7;;;/h2*3-7H,1-2H3;2-6H,1H3;2*1H;/q2*-1;;;;+2/p-2. The second kappa shape index (κ2) is 15.3. The molecule has 0 aromatic heterocycles. The second-order valence-electron chi connectivity index (χ2n) is 8.05. The van der Waals surface area contributed by atoms with Gasteiger partial charge in [0.15, 0.2) is 0 Å². The number of rotatable bonds is 3. The first kappa shape index (κ1) is 31.2. The summed E-state index contributed by atoms with van der Waals surface area (Å²) in [6.07, 6.45) is 0. The fraction of sp³-hybridized carbons (Fsp3) is 0.172. The summed E-state index contributed by atoms with van der Waals surface area (Å²) in [4.78, 5) is 0. The molecule has 0 saturated carbocycles. The summed E-state index contributed by atoms with van der Waals surface area (Å²) in [5.74, 6) is 1.85. The predicted octanol–water partition coefficient (Wildman–Crippen LogP) is 0.821. The number of methoxy groups -OCH3 is 2. The molecular weight excluding hydrogens is 571 g/mol. The van der Waals surface area contributed by atoms with E-state index in [9.17, 15) is 0 Å². The molecule has 0 spiro atoms. The Balaban J connectivity index is 0.000000258. The summed E-state index contributed by atoms with van der Waals surface area (Å²) in [6, 6.07) is 31.7. The number of hydrogen-bond donors (Lipinski definition) is 0. The molecule has 0 amide bonds. The summed E-state index contributed by atoms with van der Waals surface area (Å²) in [5.41, 5.74) is 2.49. The average molecular weight is 601 g/mol. The molecule has 5 rings (SSSR count). The first-order valence-corrected chi connectivity index (χ1v) is 16.6. The summed E-state index contributed by atoms with van der Waals surface area (Å²) >= 11 is 1.69. The number of aryl methyl sites for hydroxylation is 2. The van der Waals surface area contributed by atoms with Crippen LogP contribution in [0.4, 0.5) is 0 Å². The van der Waals surface area contributed by atoms with Gasteiger partial charge in [0.25, 0.3) is 0 Å². The van der Waals surface area contributed by atoms with Crippen LogP contribution in [0.25, 0.3) is 21.5 Å². The van der Waals surface area contributed by atoms with E-state index in [0.29, 0.717) is 0 Å². The fourth-order valence-electron chi connectivity index (χ4n) is 3.63. The zero-order valence-electron chi connectivity index (χ0n) is 20.7. The van der Waals surface area contributed by atoms with Crippen molar-refractivity contribution in [1.82, 2.24) is 0 Å². The summed E-state index contributed by atoms with van der Waals surface area (Å²) in [5, 5.41) is 6.64. The van der Waals surface area contributed by atoms with E-state index in [2.05, 4.69) is 99.3 Å². The molecule has 0 N–H and O–H groups in total. The smallest absolute Gasteiger partial charge is 1.00 e. The molecule has 0 aliphatic heterocycles. The summed E-state index contributed by atoms with van der Waals surface area (Å²) < 4.78 is 10.3. The third-order valence-corrected chi connectivity index (χ3v) is 8.66. The van der Waals surface area contributed by atoms with Gasteiger partial charge in [0.1, 0.15) is 0 Å². The Labute approximate surface area is 236 Å². The molecule has 0 radical (unpaired) electrons. The van der Waals surface area contributed by atoms with Crippen LogP contribution in [0.2, 0.25) is 6.55 Å². The van der Waals surface area contributed by atoms with Crippen molar-refractivity contribution in [2.24, 2.45) is 0 Å². The topological polar surface area (TPSA) is 18.5 Å². The molecule has 6 heteroatoms. The number of halogens is 2. The fourth-order valence-corrected chi connectivity index (χ4v) is 5.55. The van der Waals surface area contributed by atoms with Crippen LogP contribution < -0.4 is 39.5 Å². The van der Waals surface area contributed by atoms with Gasteiger partial charge in [-0.05, 0) is 12.1 Å². The van der Waals surface area contributed by atoms with Gasteiger partial charge in [0, 0.05) is 0 Å². The van der Waals surface area contributed by atoms with Gasteiger partial charge in [-0.3, -0.25) is 0 Å². The number of hydrogen-bond acceptors (Lipinski definition) is 2. The van der Waals surface area contributed by atoms with Crippen LogP contribution in [0.5, 0.6) is 11.5 Å². The Bertz CT molecular complexity index is 1260. The van der Waals surface area contributed by atoms with E-state index in [1.807, 2.05) is 12.1 Å². The van der Waals surface area contributed by atoms with E-state index < -0.39 is 0 Å². The molecule has 0 unspecified atom stereocenters. The number of ether oxygens (including phenoxy) is 2. The first-order valence-electron chi connectivity index (χ1n) is 10.9. The van der Waals surface area contributed by atoms with E-state index in [1.165, 1.54) is 32.7 Å². The number of benzene rings is 3. The zero-order valence-corrected chi connectivity index (χ0v) is 25.7. The van der Waals surface area contributed by atoms with E-state index in [0.717, 1.165) is 11.5 Å². The average Bonchev–Trinajstić information content (AvgIpc) is 3.39. The molecule has 0 aliphatic rings. The van der Waals surface area contributed by atoms with Gasteiger partial charge in [0.2, 0.25) is 0 Å². The minimum Gasteiger partial charge on any atom is -1.00 e. The van der Waals surface area contributed by atoms with Crippen LogP contribution >= 0.6 is 0 Å². The van der Waals surface area contributed by atoms with E-state index >= 15 is 0 Å². The van der Waals surface area contributed by atoms with Crippen molar-refractivity contribution in [2.45, 2.75) is 20.4 Å². The van der Waals surface area contributed by atoms with Gasteiger partial charge in [-0.1, -0.05) is 26.0 Å². The molecule has 0 aliphatic carbocycles. The van der Waals surface area contributed by atoms with Crippen LogP contribution in [0.1, 0.15) is 11.1 Å². The third-order valence-electron chi connectivity index (χ3n) is 5.33. The monoisotopic (exact) mass is 598 g/mol. The minimum absolute atomic E-state index is 0. The maximum atomic E-state index is 5.13. The van der Waals surface area contributed by atoms with Gasteiger partial charge < -0.3 is 34.3 Å². The Morgan fingerprint density at radius 2 is 1.09 bits per heavy atom.